The van der Waals surface area contributed by atoms with Gasteiger partial charge in [0.05, 0.1) is 16.5 Å². The molecule has 2 heterocycles. The first-order chi connectivity index (χ1) is 6.65. The van der Waals surface area contributed by atoms with E-state index in [0.717, 1.165) is 8.79 Å². The number of halogens is 2. The molecule has 0 bridgehead atoms. The van der Waals surface area contributed by atoms with Gasteiger partial charge in [0.1, 0.15) is 10.0 Å². The fraction of sp³-hybridized carbons (Fsp3) is 0.143. The van der Waals surface area contributed by atoms with Gasteiger partial charge in [-0.05, 0) is 15.9 Å². The van der Waals surface area contributed by atoms with Gasteiger partial charge in [0, 0.05) is 6.20 Å². The summed E-state index contributed by atoms with van der Waals surface area (Å²) in [6.45, 7) is 0.590. The first kappa shape index (κ1) is 9.95. The van der Waals surface area contributed by atoms with Crippen molar-refractivity contribution in [2.24, 2.45) is 0 Å². The van der Waals surface area contributed by atoms with Crippen LogP contribution in [0.25, 0.3) is 0 Å². The topological polar surface area (TPSA) is 56.7 Å². The summed E-state index contributed by atoms with van der Waals surface area (Å²) < 4.78 is 2.67. The Hall–Kier alpha value is -0.590. The molecule has 0 atom stereocenters. The molecule has 2 aromatic heterocycles. The van der Waals surface area contributed by atoms with Gasteiger partial charge < -0.3 is 5.73 Å². The molecule has 0 unspecified atom stereocenters. The van der Waals surface area contributed by atoms with Crippen molar-refractivity contribution in [1.29, 1.82) is 0 Å². The molecule has 0 saturated carbocycles. The predicted molar refractivity (Wildman–Crippen MR) is 60.6 cm³/mol. The van der Waals surface area contributed by atoms with Crippen molar-refractivity contribution in [2.75, 3.05) is 5.73 Å². The number of aromatic nitrogens is 3. The molecule has 0 amide bonds. The minimum absolute atomic E-state index is 0.349. The second-order valence-corrected chi connectivity index (χ2v) is 5.52. The van der Waals surface area contributed by atoms with Gasteiger partial charge in [0.15, 0.2) is 5.82 Å². The van der Waals surface area contributed by atoms with Crippen molar-refractivity contribution in [1.82, 2.24) is 14.8 Å². The van der Waals surface area contributed by atoms with E-state index in [2.05, 4.69) is 26.0 Å². The molecule has 0 saturated heterocycles. The van der Waals surface area contributed by atoms with E-state index in [1.807, 2.05) is 0 Å². The van der Waals surface area contributed by atoms with Gasteiger partial charge in [-0.2, -0.15) is 5.10 Å². The first-order valence-electron chi connectivity index (χ1n) is 3.74. The third-order valence-corrected chi connectivity index (χ3v) is 3.32. The van der Waals surface area contributed by atoms with Crippen LogP contribution in [0.4, 0.5) is 5.82 Å². The number of rotatable bonds is 2. The van der Waals surface area contributed by atoms with Gasteiger partial charge in [0.2, 0.25) is 0 Å². The molecule has 7 heteroatoms. The summed E-state index contributed by atoms with van der Waals surface area (Å²) in [4.78, 5) is 4.18. The molecule has 4 nitrogen and oxygen atoms in total. The quantitative estimate of drug-likeness (QED) is 0.925. The van der Waals surface area contributed by atoms with E-state index < -0.39 is 0 Å². The smallest absolute Gasteiger partial charge is 0.164 e. The minimum Gasteiger partial charge on any atom is -0.381 e. The maximum atomic E-state index is 5.77. The molecule has 2 N–H and O–H groups in total. The van der Waals surface area contributed by atoms with E-state index in [0.29, 0.717) is 17.4 Å². The third-order valence-electron chi connectivity index (χ3n) is 1.57. The number of nitrogen functional groups attached to an aromatic ring is 1. The lowest BCUT2D eigenvalue weighted by atomic mass is 10.6. The molecule has 74 valence electrons. The van der Waals surface area contributed by atoms with Crippen molar-refractivity contribution >= 4 is 44.7 Å². The molecule has 14 heavy (non-hydrogen) atoms. The maximum Gasteiger partial charge on any atom is 0.164 e. The average Bonchev–Trinajstić information content (AvgIpc) is 2.62. The lowest BCUT2D eigenvalue weighted by Gasteiger charge is -1.94. The molecule has 0 aromatic carbocycles. The number of thiazole rings is 1. The van der Waals surface area contributed by atoms with Crippen LogP contribution < -0.4 is 5.73 Å². The van der Waals surface area contributed by atoms with Gasteiger partial charge >= 0.3 is 0 Å². The zero-order chi connectivity index (χ0) is 10.1. The second kappa shape index (κ2) is 3.88. The Morgan fingerprint density at radius 1 is 1.64 bits per heavy atom. The summed E-state index contributed by atoms with van der Waals surface area (Å²) in [7, 11) is 0. The Kier molecular flexibility index (Phi) is 2.76. The molecule has 2 aromatic rings. The largest absolute Gasteiger partial charge is 0.381 e. The highest BCUT2D eigenvalue weighted by atomic mass is 79.9. The van der Waals surface area contributed by atoms with Gasteiger partial charge in [-0.15, -0.1) is 11.3 Å². The Bertz CT molecular complexity index is 433. The van der Waals surface area contributed by atoms with Crippen LogP contribution in [-0.2, 0) is 6.54 Å². The fourth-order valence-electron chi connectivity index (χ4n) is 0.993. The second-order valence-electron chi connectivity index (χ2n) is 2.62. The van der Waals surface area contributed by atoms with E-state index in [1.54, 1.807) is 28.4 Å². The third kappa shape index (κ3) is 2.08. The van der Waals surface area contributed by atoms with E-state index in [-0.39, 0.29) is 0 Å². The van der Waals surface area contributed by atoms with Crippen LogP contribution in [0.15, 0.2) is 16.2 Å². The van der Waals surface area contributed by atoms with Crippen molar-refractivity contribution in [2.45, 2.75) is 6.54 Å². The van der Waals surface area contributed by atoms with E-state index in [9.17, 15) is 0 Å². The van der Waals surface area contributed by atoms with Crippen LogP contribution in [0.5, 0.6) is 0 Å². The lowest BCUT2D eigenvalue weighted by molar-refractivity contribution is 0.686. The zero-order valence-corrected chi connectivity index (χ0v) is 10.1. The van der Waals surface area contributed by atoms with Crippen LogP contribution in [0.3, 0.4) is 0 Å². The number of anilines is 1. The summed E-state index contributed by atoms with van der Waals surface area (Å²) in [5, 5.41) is 5.46. The fourth-order valence-corrected chi connectivity index (χ4v) is 2.44. The Balaban J connectivity index is 2.18. The molecule has 0 aliphatic rings. The zero-order valence-electron chi connectivity index (χ0n) is 6.94. The highest BCUT2D eigenvalue weighted by molar-refractivity contribution is 9.11. The number of nitrogens with zero attached hydrogens (tertiary/aromatic N) is 3. The maximum absolute atomic E-state index is 5.77. The highest BCUT2D eigenvalue weighted by Gasteiger charge is 2.05. The van der Waals surface area contributed by atoms with Gasteiger partial charge in [-0.1, -0.05) is 11.6 Å². The molecule has 0 fully saturated rings. The average molecular weight is 294 g/mol. The Labute approximate surface area is 97.8 Å². The van der Waals surface area contributed by atoms with E-state index in [1.165, 1.54) is 0 Å². The number of nitrogens with two attached hydrogens (primary N) is 1. The summed E-state index contributed by atoms with van der Waals surface area (Å²) in [6.07, 6.45) is 3.45. The molecule has 0 aliphatic carbocycles. The molecule has 0 spiro atoms. The minimum atomic E-state index is 0.349. The SMILES string of the molecule is Nc1nn(Cc2ncc(Br)s2)cc1Cl. The summed E-state index contributed by atoms with van der Waals surface area (Å²) in [5.74, 6) is 0.349. The summed E-state index contributed by atoms with van der Waals surface area (Å²) in [5.41, 5.74) is 5.51. The van der Waals surface area contributed by atoms with Crippen LogP contribution in [0.1, 0.15) is 5.01 Å². The standard InChI is InChI=1S/C7H6BrClN4S/c8-5-1-11-6(14-5)3-13-2-4(9)7(10)12-13/h1-2H,3H2,(H2,10,12). The predicted octanol–water partition coefficient (Wildman–Crippen LogP) is 2.39. The van der Waals surface area contributed by atoms with Crippen LogP contribution >= 0.6 is 38.9 Å². The molecule has 2 rings (SSSR count). The van der Waals surface area contributed by atoms with Crippen molar-refractivity contribution in [3.05, 3.63) is 26.2 Å². The summed E-state index contributed by atoms with van der Waals surface area (Å²) >= 11 is 10.7. The Morgan fingerprint density at radius 2 is 2.43 bits per heavy atom. The van der Waals surface area contributed by atoms with E-state index in [4.69, 9.17) is 17.3 Å². The van der Waals surface area contributed by atoms with Crippen LogP contribution in [0, 0.1) is 0 Å². The Morgan fingerprint density at radius 3 is 2.93 bits per heavy atom. The molecule has 0 aliphatic heterocycles. The van der Waals surface area contributed by atoms with Gasteiger partial charge in [-0.25, -0.2) is 4.98 Å². The highest BCUT2D eigenvalue weighted by Crippen LogP contribution is 2.21. The number of hydrogen-bond acceptors (Lipinski definition) is 4. The molecule has 0 radical (unpaired) electrons. The van der Waals surface area contributed by atoms with Gasteiger partial charge in [0.25, 0.3) is 0 Å². The molecular weight excluding hydrogens is 288 g/mol. The van der Waals surface area contributed by atoms with Crippen molar-refractivity contribution in [3.8, 4) is 0 Å². The monoisotopic (exact) mass is 292 g/mol. The molecular formula is C7H6BrClN4S. The van der Waals surface area contributed by atoms with Crippen LogP contribution in [0.2, 0.25) is 5.02 Å². The van der Waals surface area contributed by atoms with Crippen molar-refractivity contribution < 1.29 is 0 Å². The van der Waals surface area contributed by atoms with Crippen LogP contribution in [-0.4, -0.2) is 14.8 Å². The van der Waals surface area contributed by atoms with Crippen molar-refractivity contribution in [3.63, 3.8) is 0 Å². The van der Waals surface area contributed by atoms with E-state index >= 15 is 0 Å². The summed E-state index contributed by atoms with van der Waals surface area (Å²) in [6, 6.07) is 0. The van der Waals surface area contributed by atoms with Gasteiger partial charge in [-0.3, -0.25) is 4.68 Å². The lowest BCUT2D eigenvalue weighted by Crippen LogP contribution is -2.00. The normalized spacial score (nSPS) is 10.7. The number of hydrogen-bond donors (Lipinski definition) is 1. The first-order valence-corrected chi connectivity index (χ1v) is 5.72.